The first-order valence-corrected chi connectivity index (χ1v) is 20.7. The van der Waals surface area contributed by atoms with Crippen LogP contribution in [0.25, 0.3) is 110 Å². The Morgan fingerprint density at radius 1 is 0.288 bits per heavy atom. The third-order valence-corrected chi connectivity index (χ3v) is 12.3. The Kier molecular flexibility index (Phi) is 8.68. The number of aromatic nitrogens is 3. The molecule has 11 aromatic rings. The molecule has 0 bridgehead atoms. The second kappa shape index (κ2) is 14.8. The minimum Gasteiger partial charge on any atom is -0.208 e. The minimum absolute atomic E-state index is 0.640. The van der Waals surface area contributed by atoms with Crippen molar-refractivity contribution in [2.45, 2.75) is 0 Å². The molecule has 11 rings (SSSR count). The van der Waals surface area contributed by atoms with Crippen LogP contribution in [0.15, 0.2) is 212 Å². The van der Waals surface area contributed by atoms with Gasteiger partial charge < -0.3 is 0 Å². The van der Waals surface area contributed by atoms with E-state index in [0.717, 1.165) is 32.7 Å². The Hall–Kier alpha value is -7.53. The lowest BCUT2D eigenvalue weighted by Gasteiger charge is -2.19. The molecule has 0 aliphatic carbocycles. The molecule has 0 aliphatic heterocycles. The zero-order valence-electron chi connectivity index (χ0n) is 32.0. The van der Waals surface area contributed by atoms with E-state index in [2.05, 4.69) is 206 Å². The van der Waals surface area contributed by atoms with Crippen LogP contribution < -0.4 is 0 Å². The molecule has 0 saturated heterocycles. The van der Waals surface area contributed by atoms with Gasteiger partial charge in [-0.05, 0) is 89.6 Å². The normalized spacial score (nSPS) is 11.4. The molecule has 0 aliphatic rings. The lowest BCUT2D eigenvalue weighted by molar-refractivity contribution is 1.08. The summed E-state index contributed by atoms with van der Waals surface area (Å²) in [4.78, 5) is 16.4. The molecule has 0 amide bonds. The molecule has 2 heterocycles. The van der Waals surface area contributed by atoms with E-state index in [1.54, 1.807) is 11.3 Å². The maximum Gasteiger partial charge on any atom is 0.174 e. The number of fused-ring (bicyclic) bond motifs is 3. The van der Waals surface area contributed by atoms with E-state index in [1.165, 1.54) is 59.4 Å². The maximum atomic E-state index is 5.15. The number of hydrogen-bond donors (Lipinski definition) is 0. The van der Waals surface area contributed by atoms with Crippen LogP contribution in [-0.4, -0.2) is 15.0 Å². The average Bonchev–Trinajstić information content (AvgIpc) is 3.76. The van der Waals surface area contributed by atoms with Crippen LogP contribution in [0.5, 0.6) is 0 Å². The van der Waals surface area contributed by atoms with E-state index >= 15 is 0 Å². The van der Waals surface area contributed by atoms with E-state index in [-0.39, 0.29) is 0 Å². The predicted octanol–water partition coefficient (Wildman–Crippen LogP) is 15.1. The van der Waals surface area contributed by atoms with Crippen LogP contribution >= 0.6 is 11.3 Å². The molecule has 0 fully saturated rings. The van der Waals surface area contributed by atoms with Gasteiger partial charge in [0.05, 0.1) is 4.88 Å². The fourth-order valence-corrected chi connectivity index (χ4v) is 9.39. The summed E-state index contributed by atoms with van der Waals surface area (Å²) in [5.41, 5.74) is 11.4. The molecule has 0 spiro atoms. The van der Waals surface area contributed by atoms with Crippen molar-refractivity contribution in [1.82, 2.24) is 15.0 Å². The van der Waals surface area contributed by atoms with Crippen molar-refractivity contribution >= 4 is 43.0 Å². The van der Waals surface area contributed by atoms with Crippen LogP contribution in [-0.2, 0) is 0 Å². The van der Waals surface area contributed by atoms with Crippen LogP contribution in [0.2, 0.25) is 0 Å². The molecule has 9 aromatic carbocycles. The van der Waals surface area contributed by atoms with Crippen LogP contribution in [0.4, 0.5) is 0 Å². The lowest BCUT2D eigenvalue weighted by atomic mass is 9.84. The summed E-state index contributed by atoms with van der Waals surface area (Å²) in [6.45, 7) is 0. The molecule has 0 N–H and O–H groups in total. The van der Waals surface area contributed by atoms with Crippen molar-refractivity contribution in [3.8, 4) is 78.0 Å². The van der Waals surface area contributed by atoms with Gasteiger partial charge in [0, 0.05) is 15.8 Å². The van der Waals surface area contributed by atoms with Gasteiger partial charge in [-0.25, -0.2) is 15.0 Å². The first-order chi connectivity index (χ1) is 29.2. The number of thiophene rings is 1. The average molecular weight is 770 g/mol. The van der Waals surface area contributed by atoms with Gasteiger partial charge in [0.2, 0.25) is 0 Å². The summed E-state index contributed by atoms with van der Waals surface area (Å²) in [6.07, 6.45) is 0. The highest BCUT2D eigenvalue weighted by molar-refractivity contribution is 7.22. The van der Waals surface area contributed by atoms with E-state index in [0.29, 0.717) is 17.5 Å². The van der Waals surface area contributed by atoms with Crippen molar-refractivity contribution in [2.75, 3.05) is 0 Å². The summed E-state index contributed by atoms with van der Waals surface area (Å²) < 4.78 is 1.20. The van der Waals surface area contributed by atoms with Gasteiger partial charge in [0.25, 0.3) is 0 Å². The summed E-state index contributed by atoms with van der Waals surface area (Å²) in [5.74, 6) is 1.96. The Labute approximate surface area is 346 Å². The highest BCUT2D eigenvalue weighted by atomic mass is 32.1. The zero-order valence-corrected chi connectivity index (χ0v) is 32.8. The van der Waals surface area contributed by atoms with Crippen molar-refractivity contribution < 1.29 is 0 Å². The zero-order chi connectivity index (χ0) is 39.1. The Bertz CT molecular complexity index is 3230. The molecule has 0 saturated carbocycles. The van der Waals surface area contributed by atoms with Gasteiger partial charge in [-0.1, -0.05) is 194 Å². The fourth-order valence-electron chi connectivity index (χ4n) is 8.39. The molecule has 0 unspecified atom stereocenters. The molecular weight excluding hydrogens is 735 g/mol. The quantitative estimate of drug-likeness (QED) is 0.152. The van der Waals surface area contributed by atoms with E-state index in [4.69, 9.17) is 15.0 Å². The van der Waals surface area contributed by atoms with E-state index in [9.17, 15) is 0 Å². The molecule has 59 heavy (non-hydrogen) atoms. The Morgan fingerprint density at radius 3 is 1.46 bits per heavy atom. The Morgan fingerprint density at radius 2 is 0.780 bits per heavy atom. The maximum absolute atomic E-state index is 5.15. The second-order valence-electron chi connectivity index (χ2n) is 14.7. The molecule has 4 heteroatoms. The smallest absolute Gasteiger partial charge is 0.174 e. The van der Waals surface area contributed by atoms with Gasteiger partial charge >= 0.3 is 0 Å². The largest absolute Gasteiger partial charge is 0.208 e. The van der Waals surface area contributed by atoms with Crippen LogP contribution in [0, 0.1) is 0 Å². The standard InChI is InChI=1S/C55H35N3S/c1-3-16-36(17-4-1)40-21-15-22-42(34-40)54-56-53(57-55(58-54)50-35-41-20-7-14-29-49(41)59-50)39-32-30-38(31-33-39)51-45-25-10-12-27-47(45)52(48-28-13-11-26-46(48)51)44-24-9-8-23-43(44)37-18-5-2-6-19-37/h1-35H. The second-order valence-corrected chi connectivity index (χ2v) is 15.8. The highest BCUT2D eigenvalue weighted by Gasteiger charge is 2.20. The fraction of sp³-hybridized carbons (Fsp3) is 0. The predicted molar refractivity (Wildman–Crippen MR) is 248 cm³/mol. The van der Waals surface area contributed by atoms with Crippen LogP contribution in [0.1, 0.15) is 0 Å². The number of benzene rings is 9. The summed E-state index contributed by atoms with van der Waals surface area (Å²) in [5, 5.41) is 6.05. The summed E-state index contributed by atoms with van der Waals surface area (Å²) >= 11 is 1.71. The SMILES string of the molecule is c1ccc(-c2cccc(-c3nc(-c4ccc(-c5c6ccccc6c(-c6ccccc6-c6ccccc6)c6ccccc56)cc4)nc(-c4cc5ccccc5s4)n3)c2)cc1. The molecule has 276 valence electrons. The first kappa shape index (κ1) is 34.7. The number of rotatable bonds is 7. The molecule has 3 nitrogen and oxygen atoms in total. The van der Waals surface area contributed by atoms with Crippen molar-refractivity contribution in [3.05, 3.63) is 212 Å². The first-order valence-electron chi connectivity index (χ1n) is 19.9. The molecule has 2 aromatic heterocycles. The van der Waals surface area contributed by atoms with Crippen LogP contribution in [0.3, 0.4) is 0 Å². The molecule has 0 atom stereocenters. The highest BCUT2D eigenvalue weighted by Crippen LogP contribution is 2.46. The summed E-state index contributed by atoms with van der Waals surface area (Å²) in [6, 6.07) is 75.4. The van der Waals surface area contributed by atoms with Crippen molar-refractivity contribution in [1.29, 1.82) is 0 Å². The van der Waals surface area contributed by atoms with Gasteiger partial charge in [-0.15, -0.1) is 11.3 Å². The number of nitrogens with zero attached hydrogens (tertiary/aromatic N) is 3. The molecule has 0 radical (unpaired) electrons. The van der Waals surface area contributed by atoms with Crippen molar-refractivity contribution in [3.63, 3.8) is 0 Å². The lowest BCUT2D eigenvalue weighted by Crippen LogP contribution is -1.99. The topological polar surface area (TPSA) is 38.7 Å². The third kappa shape index (κ3) is 6.37. The van der Waals surface area contributed by atoms with Gasteiger partial charge in [0.15, 0.2) is 17.5 Å². The Balaban J connectivity index is 1.06. The van der Waals surface area contributed by atoms with Gasteiger partial charge in [-0.3, -0.25) is 0 Å². The monoisotopic (exact) mass is 769 g/mol. The van der Waals surface area contributed by atoms with E-state index < -0.39 is 0 Å². The van der Waals surface area contributed by atoms with Crippen molar-refractivity contribution in [2.24, 2.45) is 0 Å². The summed E-state index contributed by atoms with van der Waals surface area (Å²) in [7, 11) is 0. The minimum atomic E-state index is 0.640. The molecular formula is C55H35N3S. The van der Waals surface area contributed by atoms with Gasteiger partial charge in [0.1, 0.15) is 0 Å². The van der Waals surface area contributed by atoms with Gasteiger partial charge in [-0.2, -0.15) is 0 Å². The van der Waals surface area contributed by atoms with E-state index in [1.807, 2.05) is 6.07 Å². The number of hydrogen-bond acceptors (Lipinski definition) is 4. The third-order valence-electron chi connectivity index (χ3n) is 11.2.